The molecule has 0 radical (unpaired) electrons. The van der Waals surface area contributed by atoms with E-state index in [1.165, 1.54) is 6.20 Å². The molecule has 6 nitrogen and oxygen atoms in total. The van der Waals surface area contributed by atoms with Crippen LogP contribution in [0.15, 0.2) is 28.8 Å². The lowest BCUT2D eigenvalue weighted by molar-refractivity contribution is -0.121. The molecular weight excluding hydrogens is 272 g/mol. The highest BCUT2D eigenvalue weighted by Crippen LogP contribution is 2.21. The molecule has 1 aliphatic heterocycles. The smallest absolute Gasteiger partial charge is 0.253 e. The van der Waals surface area contributed by atoms with Crippen LogP contribution < -0.4 is 10.1 Å². The fourth-order valence-corrected chi connectivity index (χ4v) is 2.14. The molecule has 0 bridgehead atoms. The third kappa shape index (κ3) is 2.94. The van der Waals surface area contributed by atoms with Crippen LogP contribution in [-0.4, -0.2) is 23.3 Å². The van der Waals surface area contributed by atoms with Crippen LogP contribution in [0, 0.1) is 6.92 Å². The number of ketones is 1. The summed E-state index contributed by atoms with van der Waals surface area (Å²) in [6, 6.07) is 5.29. The number of furan rings is 1. The van der Waals surface area contributed by atoms with E-state index in [1.807, 2.05) is 19.1 Å². The molecule has 3 heterocycles. The molecule has 0 aliphatic carbocycles. The summed E-state index contributed by atoms with van der Waals surface area (Å²) >= 11 is 0. The van der Waals surface area contributed by atoms with Gasteiger partial charge in [-0.3, -0.25) is 9.59 Å². The molecular formula is C15H14N2O4. The maximum absolute atomic E-state index is 12.1. The van der Waals surface area contributed by atoms with Gasteiger partial charge >= 0.3 is 0 Å². The van der Waals surface area contributed by atoms with Gasteiger partial charge in [-0.2, -0.15) is 0 Å². The van der Waals surface area contributed by atoms with E-state index in [4.69, 9.17) is 9.15 Å². The second kappa shape index (κ2) is 5.40. The van der Waals surface area contributed by atoms with Gasteiger partial charge < -0.3 is 14.5 Å². The quantitative estimate of drug-likeness (QED) is 0.922. The van der Waals surface area contributed by atoms with Crippen molar-refractivity contribution in [2.24, 2.45) is 0 Å². The summed E-state index contributed by atoms with van der Waals surface area (Å²) in [5, 5.41) is 2.75. The Balaban J connectivity index is 1.70. The fraction of sp³-hybridized carbons (Fsp3) is 0.267. The highest BCUT2D eigenvalue weighted by molar-refractivity contribution is 5.94. The van der Waals surface area contributed by atoms with E-state index in [0.29, 0.717) is 29.3 Å². The summed E-state index contributed by atoms with van der Waals surface area (Å²) in [5.74, 6) is 1.62. The van der Waals surface area contributed by atoms with Crippen molar-refractivity contribution in [1.29, 1.82) is 0 Å². The Morgan fingerprint density at radius 3 is 3.05 bits per heavy atom. The number of amides is 1. The highest BCUT2D eigenvalue weighted by Gasteiger charge is 2.19. The number of Topliss-reactive ketones (excluding diaryl/α,β-unsaturated/α-hetero) is 1. The van der Waals surface area contributed by atoms with E-state index >= 15 is 0 Å². The van der Waals surface area contributed by atoms with E-state index in [-0.39, 0.29) is 24.7 Å². The number of fused-ring (bicyclic) bond motifs is 1. The van der Waals surface area contributed by atoms with Crippen LogP contribution >= 0.6 is 0 Å². The Bertz CT molecular complexity index is 705. The van der Waals surface area contributed by atoms with Gasteiger partial charge in [-0.15, -0.1) is 0 Å². The third-order valence-electron chi connectivity index (χ3n) is 3.16. The van der Waals surface area contributed by atoms with E-state index in [0.717, 1.165) is 5.76 Å². The average molecular weight is 286 g/mol. The van der Waals surface area contributed by atoms with Crippen molar-refractivity contribution in [2.45, 2.75) is 19.9 Å². The monoisotopic (exact) mass is 286 g/mol. The Hall–Kier alpha value is -2.63. The topological polar surface area (TPSA) is 81.4 Å². The highest BCUT2D eigenvalue weighted by atomic mass is 16.5. The first-order valence-electron chi connectivity index (χ1n) is 6.59. The Morgan fingerprint density at radius 2 is 2.29 bits per heavy atom. The minimum atomic E-state index is -0.266. The molecule has 0 unspecified atom stereocenters. The van der Waals surface area contributed by atoms with Crippen LogP contribution in [0.5, 0.6) is 5.88 Å². The molecule has 0 fully saturated rings. The van der Waals surface area contributed by atoms with Gasteiger partial charge in [0.05, 0.1) is 12.1 Å². The molecule has 2 aromatic rings. The second-order valence-electron chi connectivity index (χ2n) is 4.89. The minimum Gasteiger partial charge on any atom is -0.469 e. The lowest BCUT2D eigenvalue weighted by Gasteiger charge is -2.15. The summed E-state index contributed by atoms with van der Waals surface area (Å²) in [7, 11) is 0. The lowest BCUT2D eigenvalue weighted by Crippen LogP contribution is -2.25. The molecule has 21 heavy (non-hydrogen) atoms. The molecule has 2 aromatic heterocycles. The number of hydrogen-bond donors (Lipinski definition) is 1. The molecule has 1 aliphatic rings. The normalized spacial score (nSPS) is 13.5. The van der Waals surface area contributed by atoms with Gasteiger partial charge in [0.25, 0.3) is 5.91 Å². The summed E-state index contributed by atoms with van der Waals surface area (Å²) in [6.45, 7) is 2.19. The SMILES string of the molecule is Cc1ccc(CNC(=O)c2cnc3c(c2)CC(=O)CO3)o1. The van der Waals surface area contributed by atoms with Crippen molar-refractivity contribution in [1.82, 2.24) is 10.3 Å². The van der Waals surface area contributed by atoms with Crippen molar-refractivity contribution < 1.29 is 18.7 Å². The molecule has 0 aromatic carbocycles. The van der Waals surface area contributed by atoms with E-state index in [9.17, 15) is 9.59 Å². The zero-order valence-corrected chi connectivity index (χ0v) is 11.5. The number of nitrogens with zero attached hydrogens (tertiary/aromatic N) is 1. The number of aromatic nitrogens is 1. The average Bonchev–Trinajstić information content (AvgIpc) is 2.89. The van der Waals surface area contributed by atoms with Crippen LogP contribution in [-0.2, 0) is 17.8 Å². The van der Waals surface area contributed by atoms with Crippen molar-refractivity contribution in [2.75, 3.05) is 6.61 Å². The standard InChI is InChI=1S/C15H14N2O4/c1-9-2-3-13(21-9)7-16-14(19)11-4-10-5-12(18)8-20-15(10)17-6-11/h2-4,6H,5,7-8H2,1H3,(H,16,19). The van der Waals surface area contributed by atoms with Gasteiger partial charge in [0.2, 0.25) is 5.88 Å². The van der Waals surface area contributed by atoms with E-state index < -0.39 is 0 Å². The zero-order valence-electron chi connectivity index (χ0n) is 11.5. The van der Waals surface area contributed by atoms with Gasteiger partial charge in [-0.05, 0) is 25.1 Å². The number of carbonyl (C=O) groups excluding carboxylic acids is 2. The molecule has 0 saturated carbocycles. The summed E-state index contributed by atoms with van der Waals surface area (Å²) in [5.41, 5.74) is 1.04. The number of ether oxygens (including phenoxy) is 1. The summed E-state index contributed by atoms with van der Waals surface area (Å²) in [4.78, 5) is 27.5. The van der Waals surface area contributed by atoms with Gasteiger partial charge in [-0.1, -0.05) is 0 Å². The Morgan fingerprint density at radius 1 is 1.43 bits per heavy atom. The third-order valence-corrected chi connectivity index (χ3v) is 3.16. The molecule has 1 N–H and O–H groups in total. The van der Waals surface area contributed by atoms with Crippen LogP contribution in [0.25, 0.3) is 0 Å². The van der Waals surface area contributed by atoms with Crippen molar-refractivity contribution in [3.05, 3.63) is 47.0 Å². The van der Waals surface area contributed by atoms with Crippen molar-refractivity contribution >= 4 is 11.7 Å². The predicted molar refractivity (Wildman–Crippen MR) is 73.1 cm³/mol. The van der Waals surface area contributed by atoms with Crippen LogP contribution in [0.3, 0.4) is 0 Å². The molecule has 0 spiro atoms. The molecule has 108 valence electrons. The fourth-order valence-electron chi connectivity index (χ4n) is 2.14. The van der Waals surface area contributed by atoms with Gasteiger partial charge in [0.1, 0.15) is 18.1 Å². The van der Waals surface area contributed by atoms with Crippen LogP contribution in [0.2, 0.25) is 0 Å². The number of pyridine rings is 1. The molecule has 0 atom stereocenters. The number of nitrogens with one attached hydrogen (secondary N) is 1. The lowest BCUT2D eigenvalue weighted by atomic mass is 10.1. The number of hydrogen-bond acceptors (Lipinski definition) is 5. The molecule has 1 amide bonds. The first-order valence-corrected chi connectivity index (χ1v) is 6.59. The largest absolute Gasteiger partial charge is 0.469 e. The number of carbonyl (C=O) groups is 2. The molecule has 3 rings (SSSR count). The maximum Gasteiger partial charge on any atom is 0.253 e. The first-order chi connectivity index (χ1) is 10.1. The number of aryl methyl sites for hydroxylation is 1. The number of rotatable bonds is 3. The minimum absolute atomic E-state index is 0.0204. The first kappa shape index (κ1) is 13.4. The zero-order chi connectivity index (χ0) is 14.8. The van der Waals surface area contributed by atoms with Crippen molar-refractivity contribution in [3.63, 3.8) is 0 Å². The van der Waals surface area contributed by atoms with E-state index in [2.05, 4.69) is 10.3 Å². The summed E-state index contributed by atoms with van der Waals surface area (Å²) < 4.78 is 10.6. The Labute approximate surface area is 121 Å². The maximum atomic E-state index is 12.1. The van der Waals surface area contributed by atoms with Crippen molar-refractivity contribution in [3.8, 4) is 5.88 Å². The molecule has 0 saturated heterocycles. The Kier molecular flexibility index (Phi) is 3.43. The molecule has 6 heteroatoms. The second-order valence-corrected chi connectivity index (χ2v) is 4.89. The van der Waals surface area contributed by atoms with Gasteiger partial charge in [0.15, 0.2) is 5.78 Å². The summed E-state index contributed by atoms with van der Waals surface area (Å²) in [6.07, 6.45) is 1.69. The van der Waals surface area contributed by atoms with Gasteiger partial charge in [0, 0.05) is 18.2 Å². The van der Waals surface area contributed by atoms with Crippen LogP contribution in [0.4, 0.5) is 0 Å². The van der Waals surface area contributed by atoms with Crippen LogP contribution in [0.1, 0.15) is 27.4 Å². The van der Waals surface area contributed by atoms with Gasteiger partial charge in [-0.25, -0.2) is 4.98 Å². The van der Waals surface area contributed by atoms with E-state index in [1.54, 1.807) is 6.07 Å². The predicted octanol–water partition coefficient (Wildman–Crippen LogP) is 1.42.